The molecule has 0 fully saturated rings. The SMILES string of the molecule is CCOc1cc(C(C)(C)C)ccc1C1C=C(c2c(F)cccc2F)NC1. The smallest absolute Gasteiger partial charge is 0.135 e. The highest BCUT2D eigenvalue weighted by Gasteiger charge is 2.25. The predicted molar refractivity (Wildman–Crippen MR) is 101 cm³/mol. The van der Waals surface area contributed by atoms with E-state index in [-0.39, 0.29) is 16.9 Å². The van der Waals surface area contributed by atoms with E-state index in [2.05, 4.69) is 44.3 Å². The van der Waals surface area contributed by atoms with Gasteiger partial charge in [-0.15, -0.1) is 0 Å². The topological polar surface area (TPSA) is 21.3 Å². The minimum Gasteiger partial charge on any atom is -0.494 e. The van der Waals surface area contributed by atoms with Crippen molar-refractivity contribution in [3.8, 4) is 5.75 Å². The van der Waals surface area contributed by atoms with Crippen LogP contribution in [-0.4, -0.2) is 13.2 Å². The Morgan fingerprint density at radius 1 is 1.12 bits per heavy atom. The molecule has 0 bridgehead atoms. The first-order valence-corrected chi connectivity index (χ1v) is 8.98. The van der Waals surface area contributed by atoms with Crippen molar-refractivity contribution >= 4 is 5.70 Å². The van der Waals surface area contributed by atoms with Gasteiger partial charge in [0, 0.05) is 23.7 Å². The van der Waals surface area contributed by atoms with Crippen molar-refractivity contribution in [2.24, 2.45) is 0 Å². The van der Waals surface area contributed by atoms with Crippen LogP contribution in [0.1, 0.15) is 50.3 Å². The molecule has 0 aliphatic carbocycles. The van der Waals surface area contributed by atoms with Crippen LogP contribution in [0.5, 0.6) is 5.75 Å². The summed E-state index contributed by atoms with van der Waals surface area (Å²) in [5, 5.41) is 3.14. The molecule has 1 aliphatic heterocycles. The molecule has 138 valence electrons. The molecule has 0 saturated carbocycles. The Kier molecular flexibility index (Phi) is 5.03. The van der Waals surface area contributed by atoms with Gasteiger partial charge in [-0.25, -0.2) is 8.78 Å². The molecule has 0 aromatic heterocycles. The van der Waals surface area contributed by atoms with Crippen LogP contribution in [0.15, 0.2) is 42.5 Å². The zero-order valence-electron chi connectivity index (χ0n) is 15.7. The maximum atomic E-state index is 14.1. The highest BCUT2D eigenvalue weighted by atomic mass is 19.1. The summed E-state index contributed by atoms with van der Waals surface area (Å²) in [6.07, 6.45) is 1.89. The molecule has 3 rings (SSSR count). The van der Waals surface area contributed by atoms with Gasteiger partial charge in [0.25, 0.3) is 0 Å². The fraction of sp³-hybridized carbons (Fsp3) is 0.364. The summed E-state index contributed by atoms with van der Waals surface area (Å²) in [5.74, 6) is -0.284. The zero-order valence-corrected chi connectivity index (χ0v) is 15.7. The molecule has 0 spiro atoms. The maximum absolute atomic E-state index is 14.1. The van der Waals surface area contributed by atoms with E-state index in [1.807, 2.05) is 13.0 Å². The Bertz CT molecular complexity index is 816. The van der Waals surface area contributed by atoms with Crippen LogP contribution in [0.25, 0.3) is 5.70 Å². The molecule has 4 heteroatoms. The monoisotopic (exact) mass is 357 g/mol. The summed E-state index contributed by atoms with van der Waals surface area (Å²) in [5.41, 5.74) is 2.74. The Labute approximate surface area is 153 Å². The molecule has 2 nitrogen and oxygen atoms in total. The second-order valence-corrected chi connectivity index (χ2v) is 7.60. The highest BCUT2D eigenvalue weighted by Crippen LogP contribution is 2.37. The van der Waals surface area contributed by atoms with Crippen molar-refractivity contribution in [3.05, 3.63) is 70.8 Å². The van der Waals surface area contributed by atoms with Crippen LogP contribution >= 0.6 is 0 Å². The molecule has 0 saturated heterocycles. The lowest BCUT2D eigenvalue weighted by molar-refractivity contribution is 0.334. The van der Waals surface area contributed by atoms with Gasteiger partial charge in [0.05, 0.1) is 12.2 Å². The minimum atomic E-state index is -0.558. The van der Waals surface area contributed by atoms with E-state index in [1.54, 1.807) is 0 Å². The number of ether oxygens (including phenoxy) is 1. The molecule has 1 aliphatic rings. The van der Waals surface area contributed by atoms with Gasteiger partial charge in [-0.2, -0.15) is 0 Å². The van der Waals surface area contributed by atoms with Crippen molar-refractivity contribution in [2.75, 3.05) is 13.2 Å². The van der Waals surface area contributed by atoms with Crippen molar-refractivity contribution in [1.82, 2.24) is 5.32 Å². The van der Waals surface area contributed by atoms with Gasteiger partial charge in [-0.3, -0.25) is 0 Å². The van der Waals surface area contributed by atoms with Gasteiger partial charge < -0.3 is 10.1 Å². The number of nitrogens with one attached hydrogen (secondary N) is 1. The van der Waals surface area contributed by atoms with Crippen LogP contribution in [0.4, 0.5) is 8.78 Å². The average Bonchev–Trinajstić information content (AvgIpc) is 3.03. The Morgan fingerprint density at radius 3 is 2.42 bits per heavy atom. The van der Waals surface area contributed by atoms with Gasteiger partial charge in [0.1, 0.15) is 17.4 Å². The normalized spacial score (nSPS) is 17.0. The number of rotatable bonds is 4. The van der Waals surface area contributed by atoms with E-state index in [1.165, 1.54) is 23.8 Å². The lowest BCUT2D eigenvalue weighted by Gasteiger charge is -2.22. The predicted octanol–water partition coefficient (Wildman–Crippen LogP) is 5.39. The molecule has 1 unspecified atom stereocenters. The largest absolute Gasteiger partial charge is 0.494 e. The first kappa shape index (κ1) is 18.4. The van der Waals surface area contributed by atoms with E-state index < -0.39 is 11.6 Å². The third kappa shape index (κ3) is 3.59. The fourth-order valence-electron chi connectivity index (χ4n) is 3.25. The van der Waals surface area contributed by atoms with Gasteiger partial charge >= 0.3 is 0 Å². The van der Waals surface area contributed by atoms with Crippen molar-refractivity contribution in [1.29, 1.82) is 0 Å². The molecule has 0 amide bonds. The third-order valence-electron chi connectivity index (χ3n) is 4.69. The number of halogens is 2. The maximum Gasteiger partial charge on any atom is 0.135 e. The molecular formula is C22H25F2NO. The van der Waals surface area contributed by atoms with Crippen LogP contribution < -0.4 is 10.1 Å². The standard InChI is InChI=1S/C22H25F2NO/c1-5-26-20-12-15(22(2,3)4)9-10-16(20)14-11-19(25-13-14)21-17(23)7-6-8-18(21)24/h6-12,14,25H,5,13H2,1-4H3. The van der Waals surface area contributed by atoms with Gasteiger partial charge in [-0.05, 0) is 36.1 Å². The second kappa shape index (κ2) is 7.10. The van der Waals surface area contributed by atoms with Crippen LogP contribution in [-0.2, 0) is 5.41 Å². The third-order valence-corrected chi connectivity index (χ3v) is 4.69. The van der Waals surface area contributed by atoms with Gasteiger partial charge in [0.2, 0.25) is 0 Å². The fourth-order valence-corrected chi connectivity index (χ4v) is 3.25. The van der Waals surface area contributed by atoms with Crippen LogP contribution in [0.3, 0.4) is 0 Å². The summed E-state index contributed by atoms with van der Waals surface area (Å²) in [6.45, 7) is 9.59. The minimum absolute atomic E-state index is 0.000394. The van der Waals surface area contributed by atoms with E-state index in [9.17, 15) is 8.78 Å². The Hall–Kier alpha value is -2.36. The Balaban J connectivity index is 1.98. The van der Waals surface area contributed by atoms with E-state index in [0.717, 1.165) is 11.3 Å². The summed E-state index contributed by atoms with van der Waals surface area (Å²) in [6, 6.07) is 10.2. The molecule has 2 aromatic rings. The lowest BCUT2D eigenvalue weighted by Crippen LogP contribution is -2.14. The number of hydrogen-bond donors (Lipinski definition) is 1. The van der Waals surface area contributed by atoms with E-state index in [4.69, 9.17) is 4.74 Å². The van der Waals surface area contributed by atoms with Crippen LogP contribution in [0.2, 0.25) is 0 Å². The summed E-state index contributed by atoms with van der Waals surface area (Å²) in [7, 11) is 0. The summed E-state index contributed by atoms with van der Waals surface area (Å²) in [4.78, 5) is 0. The molecule has 1 atom stereocenters. The average molecular weight is 357 g/mol. The number of hydrogen-bond acceptors (Lipinski definition) is 2. The molecule has 2 aromatic carbocycles. The first-order valence-electron chi connectivity index (χ1n) is 8.98. The molecule has 0 radical (unpaired) electrons. The summed E-state index contributed by atoms with van der Waals surface area (Å²) < 4.78 is 34.0. The van der Waals surface area contributed by atoms with Crippen LogP contribution in [0, 0.1) is 11.6 Å². The lowest BCUT2D eigenvalue weighted by atomic mass is 9.85. The van der Waals surface area contributed by atoms with Gasteiger partial charge in [0.15, 0.2) is 0 Å². The van der Waals surface area contributed by atoms with E-state index in [0.29, 0.717) is 18.8 Å². The second-order valence-electron chi connectivity index (χ2n) is 7.60. The molecule has 26 heavy (non-hydrogen) atoms. The Morgan fingerprint density at radius 2 is 1.81 bits per heavy atom. The van der Waals surface area contributed by atoms with Crippen molar-refractivity contribution in [3.63, 3.8) is 0 Å². The molecule has 1 N–H and O–H groups in total. The van der Waals surface area contributed by atoms with Gasteiger partial charge in [-0.1, -0.05) is 45.0 Å². The van der Waals surface area contributed by atoms with Crippen molar-refractivity contribution in [2.45, 2.75) is 39.0 Å². The number of benzene rings is 2. The highest BCUT2D eigenvalue weighted by molar-refractivity contribution is 5.69. The molecule has 1 heterocycles. The summed E-state index contributed by atoms with van der Waals surface area (Å²) >= 11 is 0. The molecular weight excluding hydrogens is 332 g/mol. The van der Waals surface area contributed by atoms with Crippen molar-refractivity contribution < 1.29 is 13.5 Å². The first-order chi connectivity index (χ1) is 12.3. The quantitative estimate of drug-likeness (QED) is 0.792. The van der Waals surface area contributed by atoms with E-state index >= 15 is 0 Å². The zero-order chi connectivity index (χ0) is 18.9.